The summed E-state index contributed by atoms with van der Waals surface area (Å²) in [5.74, 6) is 0.234. The molecule has 0 aromatic carbocycles. The van der Waals surface area contributed by atoms with Gasteiger partial charge in [-0.15, -0.1) is 0 Å². The molecular weight excluding hydrogens is 218 g/mol. The van der Waals surface area contributed by atoms with E-state index in [0.29, 0.717) is 6.54 Å². The number of ether oxygens (including phenoxy) is 1. The Morgan fingerprint density at radius 3 is 2.53 bits per heavy atom. The molecule has 1 aliphatic heterocycles. The molecule has 0 radical (unpaired) electrons. The van der Waals surface area contributed by atoms with Gasteiger partial charge in [-0.25, -0.2) is 4.79 Å². The van der Waals surface area contributed by atoms with Gasteiger partial charge in [0.25, 0.3) is 0 Å². The van der Waals surface area contributed by atoms with Gasteiger partial charge in [-0.2, -0.15) is 0 Å². The number of aliphatic hydroxyl groups is 1. The maximum absolute atomic E-state index is 12.1. The van der Waals surface area contributed by atoms with E-state index in [-0.39, 0.29) is 29.6 Å². The second-order valence-corrected chi connectivity index (χ2v) is 6.84. The first-order chi connectivity index (χ1) is 7.64. The van der Waals surface area contributed by atoms with E-state index in [1.165, 1.54) is 0 Å². The van der Waals surface area contributed by atoms with E-state index in [4.69, 9.17) is 4.74 Å². The lowest BCUT2D eigenvalue weighted by atomic mass is 9.58. The number of aliphatic hydroxyl groups excluding tert-OH is 1. The summed E-state index contributed by atoms with van der Waals surface area (Å²) >= 11 is 0. The maximum Gasteiger partial charge on any atom is 0.410 e. The molecule has 2 fully saturated rings. The molecule has 1 saturated heterocycles. The minimum absolute atomic E-state index is 0.132. The third-order valence-corrected chi connectivity index (χ3v) is 4.00. The Balaban J connectivity index is 2.07. The van der Waals surface area contributed by atoms with Crippen LogP contribution in [0.1, 0.15) is 41.0 Å². The number of hydrogen-bond donors (Lipinski definition) is 1. The number of likely N-dealkylation sites (tertiary alicyclic amines) is 1. The number of nitrogens with zero attached hydrogens (tertiary/aromatic N) is 1. The summed E-state index contributed by atoms with van der Waals surface area (Å²) in [7, 11) is 0. The first-order valence-electron chi connectivity index (χ1n) is 6.32. The molecule has 98 valence electrons. The molecule has 1 heterocycles. The molecule has 1 N–H and O–H groups in total. The molecule has 0 spiro atoms. The van der Waals surface area contributed by atoms with Gasteiger partial charge in [0.1, 0.15) is 5.60 Å². The van der Waals surface area contributed by atoms with Crippen molar-refractivity contribution in [1.29, 1.82) is 0 Å². The Bertz CT molecular complexity index is 332. The summed E-state index contributed by atoms with van der Waals surface area (Å²) in [6.07, 6.45) is 0.346. The summed E-state index contributed by atoms with van der Waals surface area (Å²) in [4.78, 5) is 13.9. The molecule has 2 rings (SSSR count). The first kappa shape index (κ1) is 12.7. The fourth-order valence-electron chi connectivity index (χ4n) is 3.23. The van der Waals surface area contributed by atoms with Crippen molar-refractivity contribution < 1.29 is 14.6 Å². The molecule has 4 heteroatoms. The van der Waals surface area contributed by atoms with Gasteiger partial charge in [0.05, 0.1) is 6.10 Å². The minimum atomic E-state index is -0.457. The van der Waals surface area contributed by atoms with Crippen molar-refractivity contribution in [2.75, 3.05) is 6.54 Å². The smallest absolute Gasteiger partial charge is 0.410 e. The number of carbonyl (C=O) groups is 1. The largest absolute Gasteiger partial charge is 0.444 e. The van der Waals surface area contributed by atoms with Gasteiger partial charge in [-0.3, -0.25) is 0 Å². The zero-order chi connectivity index (χ0) is 13.0. The molecule has 0 aromatic rings. The van der Waals surface area contributed by atoms with Crippen LogP contribution in [0.4, 0.5) is 4.79 Å². The fourth-order valence-corrected chi connectivity index (χ4v) is 3.23. The Labute approximate surface area is 103 Å². The highest BCUT2D eigenvalue weighted by atomic mass is 16.6. The minimum Gasteiger partial charge on any atom is -0.444 e. The molecule has 1 aliphatic carbocycles. The van der Waals surface area contributed by atoms with Crippen molar-refractivity contribution in [2.24, 2.45) is 11.3 Å². The van der Waals surface area contributed by atoms with Crippen LogP contribution in [0.2, 0.25) is 0 Å². The lowest BCUT2D eigenvalue weighted by Crippen LogP contribution is -2.65. The van der Waals surface area contributed by atoms with Crippen molar-refractivity contribution in [3.63, 3.8) is 0 Å². The number of fused-ring (bicyclic) bond motifs is 1. The average Bonchev–Trinajstić information content (AvgIpc) is 2.56. The standard InChI is InChI=1S/C13H23NO3/c1-12(2,3)17-11(16)14-7-6-8-9(14)13(4,5)10(8)15/h8-10,15H,6-7H2,1-5H3/t8-,9+,10+/m0/s1. The molecule has 2 aliphatic rings. The summed E-state index contributed by atoms with van der Waals surface area (Å²) in [5, 5.41) is 10.00. The van der Waals surface area contributed by atoms with Crippen molar-refractivity contribution in [1.82, 2.24) is 4.90 Å². The van der Waals surface area contributed by atoms with Crippen LogP contribution in [0.15, 0.2) is 0 Å². The zero-order valence-electron chi connectivity index (χ0n) is 11.4. The number of carbonyl (C=O) groups excluding carboxylic acids is 1. The van der Waals surface area contributed by atoms with E-state index in [0.717, 1.165) is 6.42 Å². The highest BCUT2D eigenvalue weighted by molar-refractivity contribution is 5.69. The van der Waals surface area contributed by atoms with Gasteiger partial charge in [-0.1, -0.05) is 13.8 Å². The van der Waals surface area contributed by atoms with Crippen LogP contribution in [0.3, 0.4) is 0 Å². The van der Waals surface area contributed by atoms with E-state index in [1.807, 2.05) is 34.6 Å². The van der Waals surface area contributed by atoms with Crippen LogP contribution in [0.25, 0.3) is 0 Å². The van der Waals surface area contributed by atoms with Crippen molar-refractivity contribution in [2.45, 2.75) is 58.8 Å². The molecule has 1 saturated carbocycles. The maximum atomic E-state index is 12.1. The van der Waals surface area contributed by atoms with E-state index in [9.17, 15) is 9.90 Å². The zero-order valence-corrected chi connectivity index (χ0v) is 11.4. The molecule has 3 atom stereocenters. The van der Waals surface area contributed by atoms with Crippen LogP contribution in [-0.2, 0) is 4.74 Å². The van der Waals surface area contributed by atoms with E-state index >= 15 is 0 Å². The van der Waals surface area contributed by atoms with Gasteiger partial charge < -0.3 is 14.7 Å². The summed E-state index contributed by atoms with van der Waals surface area (Å²) in [6, 6.07) is 0.132. The SMILES string of the molecule is CC(C)(C)OC(=O)N1CC[C@@H]2[C@@H](O)C(C)(C)[C@@H]21. The third kappa shape index (κ3) is 1.92. The van der Waals surface area contributed by atoms with E-state index in [1.54, 1.807) is 4.90 Å². The third-order valence-electron chi connectivity index (χ3n) is 4.00. The molecule has 17 heavy (non-hydrogen) atoms. The number of amides is 1. The Morgan fingerprint density at radius 1 is 1.41 bits per heavy atom. The fraction of sp³-hybridized carbons (Fsp3) is 0.923. The predicted octanol–water partition coefficient (Wildman–Crippen LogP) is 2.01. The van der Waals surface area contributed by atoms with E-state index < -0.39 is 5.60 Å². The normalized spacial score (nSPS) is 35.2. The van der Waals surface area contributed by atoms with Crippen molar-refractivity contribution in [3.8, 4) is 0 Å². The van der Waals surface area contributed by atoms with Gasteiger partial charge in [0, 0.05) is 23.9 Å². The van der Waals surface area contributed by atoms with Gasteiger partial charge >= 0.3 is 6.09 Å². The van der Waals surface area contributed by atoms with Crippen molar-refractivity contribution in [3.05, 3.63) is 0 Å². The number of rotatable bonds is 0. The van der Waals surface area contributed by atoms with E-state index in [2.05, 4.69) is 0 Å². The van der Waals surface area contributed by atoms with Gasteiger partial charge in [0.2, 0.25) is 0 Å². The molecule has 1 amide bonds. The second kappa shape index (κ2) is 3.61. The van der Waals surface area contributed by atoms with Crippen molar-refractivity contribution >= 4 is 6.09 Å². The summed E-state index contributed by atoms with van der Waals surface area (Å²) in [5.41, 5.74) is -0.667. The number of hydrogen-bond acceptors (Lipinski definition) is 3. The van der Waals surface area contributed by atoms with Crippen LogP contribution >= 0.6 is 0 Å². The summed E-state index contributed by atoms with van der Waals surface area (Å²) < 4.78 is 5.41. The Morgan fingerprint density at radius 2 is 2.00 bits per heavy atom. The highest BCUT2D eigenvalue weighted by Crippen LogP contribution is 2.53. The van der Waals surface area contributed by atoms with Crippen LogP contribution in [0, 0.1) is 11.3 Å². The Kier molecular flexibility index (Phi) is 2.69. The van der Waals surface area contributed by atoms with Crippen LogP contribution in [0.5, 0.6) is 0 Å². The van der Waals surface area contributed by atoms with Gasteiger partial charge in [0.15, 0.2) is 0 Å². The highest BCUT2D eigenvalue weighted by Gasteiger charge is 2.62. The predicted molar refractivity (Wildman–Crippen MR) is 64.6 cm³/mol. The topological polar surface area (TPSA) is 49.8 Å². The lowest BCUT2D eigenvalue weighted by Gasteiger charge is -2.54. The quantitative estimate of drug-likeness (QED) is 0.706. The monoisotopic (exact) mass is 241 g/mol. The molecule has 4 nitrogen and oxygen atoms in total. The average molecular weight is 241 g/mol. The second-order valence-electron chi connectivity index (χ2n) is 6.84. The molecular formula is C13H23NO3. The first-order valence-corrected chi connectivity index (χ1v) is 6.32. The van der Waals surface area contributed by atoms with Gasteiger partial charge in [-0.05, 0) is 27.2 Å². The lowest BCUT2D eigenvalue weighted by molar-refractivity contribution is -0.141. The Hall–Kier alpha value is -0.770. The molecule has 0 aromatic heterocycles. The molecule has 0 unspecified atom stereocenters. The van der Waals surface area contributed by atoms with Crippen LogP contribution in [-0.4, -0.2) is 40.4 Å². The van der Waals surface area contributed by atoms with Crippen LogP contribution < -0.4 is 0 Å². The summed E-state index contributed by atoms with van der Waals surface area (Å²) in [6.45, 7) is 10.4. The molecule has 0 bridgehead atoms.